The molecule has 1 atom stereocenters. The summed E-state index contributed by atoms with van der Waals surface area (Å²) < 4.78 is 31.1. The van der Waals surface area contributed by atoms with Crippen molar-refractivity contribution >= 4 is 21.7 Å². The smallest absolute Gasteiger partial charge is 0.309 e. The number of sulfonamides is 1. The normalized spacial score (nSPS) is 19.9. The Morgan fingerprint density at radius 2 is 2.16 bits per heavy atom. The third-order valence-corrected chi connectivity index (χ3v) is 4.07. The van der Waals surface area contributed by atoms with E-state index in [0.29, 0.717) is 5.69 Å². The van der Waals surface area contributed by atoms with E-state index in [4.69, 9.17) is 4.74 Å². The molecule has 0 spiro atoms. The van der Waals surface area contributed by atoms with Crippen LogP contribution in [0.3, 0.4) is 0 Å². The molecule has 0 aliphatic carbocycles. The van der Waals surface area contributed by atoms with Crippen molar-refractivity contribution in [3.05, 3.63) is 36.9 Å². The van der Waals surface area contributed by atoms with Crippen LogP contribution >= 0.6 is 0 Å². The van der Waals surface area contributed by atoms with E-state index in [1.54, 1.807) is 18.2 Å². The van der Waals surface area contributed by atoms with E-state index in [2.05, 4.69) is 16.6 Å². The van der Waals surface area contributed by atoms with Crippen molar-refractivity contribution in [2.24, 2.45) is 0 Å². The largest absolute Gasteiger partial charge is 0.461 e. The van der Waals surface area contributed by atoms with Crippen LogP contribution in [0.25, 0.3) is 0 Å². The summed E-state index contributed by atoms with van der Waals surface area (Å²) in [6.45, 7) is 3.53. The number of hydrogen-bond donors (Lipinski definition) is 2. The van der Waals surface area contributed by atoms with Crippen molar-refractivity contribution < 1.29 is 17.9 Å². The molecule has 0 radical (unpaired) electrons. The molecule has 102 valence electrons. The van der Waals surface area contributed by atoms with Gasteiger partial charge < -0.3 is 10.1 Å². The van der Waals surface area contributed by atoms with Crippen molar-refractivity contribution in [3.63, 3.8) is 0 Å². The lowest BCUT2D eigenvalue weighted by atomic mass is 10.3. The summed E-state index contributed by atoms with van der Waals surface area (Å²) >= 11 is 0. The average molecular weight is 282 g/mol. The van der Waals surface area contributed by atoms with E-state index < -0.39 is 22.2 Å². The third-order valence-electron chi connectivity index (χ3n) is 2.54. The van der Waals surface area contributed by atoms with Gasteiger partial charge >= 0.3 is 5.97 Å². The molecule has 0 saturated carbocycles. The van der Waals surface area contributed by atoms with Gasteiger partial charge in [0.15, 0.2) is 0 Å². The van der Waals surface area contributed by atoms with Crippen LogP contribution in [0.5, 0.6) is 0 Å². The first-order chi connectivity index (χ1) is 9.03. The molecule has 0 amide bonds. The molecule has 7 heteroatoms. The average Bonchev–Trinajstić information content (AvgIpc) is 2.35. The number of carbonyl (C=O) groups is 1. The molecular formula is C12H14N2O4S. The maximum atomic E-state index is 12.0. The van der Waals surface area contributed by atoms with E-state index in [1.165, 1.54) is 12.1 Å². The second-order valence-electron chi connectivity index (χ2n) is 3.99. The summed E-state index contributed by atoms with van der Waals surface area (Å²) in [6.07, 6.45) is 0.643. The molecule has 6 nitrogen and oxygen atoms in total. The van der Waals surface area contributed by atoms with Crippen molar-refractivity contribution in [1.82, 2.24) is 4.72 Å². The van der Waals surface area contributed by atoms with Crippen LogP contribution < -0.4 is 10.0 Å². The molecule has 2 rings (SSSR count). The van der Waals surface area contributed by atoms with Crippen LogP contribution in [-0.2, 0) is 19.6 Å². The van der Waals surface area contributed by atoms with Gasteiger partial charge in [-0.15, -0.1) is 0 Å². The zero-order valence-corrected chi connectivity index (χ0v) is 10.9. The van der Waals surface area contributed by atoms with Crippen LogP contribution in [-0.4, -0.2) is 27.2 Å². The summed E-state index contributed by atoms with van der Waals surface area (Å²) in [5, 5.41) is 2.94. The predicted octanol–water partition coefficient (Wildman–Crippen LogP) is 0.836. The van der Waals surface area contributed by atoms with E-state index >= 15 is 0 Å². The Morgan fingerprint density at radius 1 is 1.42 bits per heavy atom. The van der Waals surface area contributed by atoms with E-state index in [9.17, 15) is 13.2 Å². The number of rotatable bonds is 4. The maximum Gasteiger partial charge on any atom is 0.309 e. The summed E-state index contributed by atoms with van der Waals surface area (Å²) in [5.41, 5.74) is 0.475. The van der Waals surface area contributed by atoms with Gasteiger partial charge in [-0.1, -0.05) is 24.8 Å². The highest BCUT2D eigenvalue weighted by atomic mass is 32.2. The molecule has 1 aromatic rings. The molecule has 0 saturated heterocycles. The molecule has 0 aromatic heterocycles. The van der Waals surface area contributed by atoms with Crippen molar-refractivity contribution in [1.29, 1.82) is 0 Å². The van der Waals surface area contributed by atoms with Gasteiger partial charge in [0, 0.05) is 0 Å². The van der Waals surface area contributed by atoms with Gasteiger partial charge in [-0.05, 0) is 12.1 Å². The minimum absolute atomic E-state index is 0.0958. The Morgan fingerprint density at radius 3 is 2.89 bits per heavy atom. The summed E-state index contributed by atoms with van der Waals surface area (Å²) in [6, 6.07) is 6.50. The molecule has 1 aromatic carbocycles. The van der Waals surface area contributed by atoms with Crippen LogP contribution in [0.2, 0.25) is 0 Å². The predicted molar refractivity (Wildman–Crippen MR) is 69.9 cm³/mol. The number of para-hydroxylation sites is 1. The zero-order valence-electron chi connectivity index (χ0n) is 10.1. The first-order valence-corrected chi connectivity index (χ1v) is 7.15. The summed E-state index contributed by atoms with van der Waals surface area (Å²) in [5.74, 6) is -0.500. The van der Waals surface area contributed by atoms with Gasteiger partial charge in [0.25, 0.3) is 0 Å². The summed E-state index contributed by atoms with van der Waals surface area (Å²) in [4.78, 5) is 11.6. The Labute approximate surface area is 111 Å². The lowest BCUT2D eigenvalue weighted by Gasteiger charge is -2.27. The molecule has 1 unspecified atom stereocenters. The number of esters is 1. The molecule has 0 fully saturated rings. The first-order valence-electron chi connectivity index (χ1n) is 5.67. The van der Waals surface area contributed by atoms with E-state index in [-0.39, 0.29) is 17.9 Å². The van der Waals surface area contributed by atoms with Crippen molar-refractivity contribution in [2.75, 3.05) is 11.9 Å². The Balaban J connectivity index is 2.12. The highest BCUT2D eigenvalue weighted by molar-refractivity contribution is 7.89. The van der Waals surface area contributed by atoms with Crippen LogP contribution in [0.15, 0.2) is 41.8 Å². The highest BCUT2D eigenvalue weighted by Crippen LogP contribution is 2.25. The third kappa shape index (κ3) is 3.12. The van der Waals surface area contributed by atoms with Crippen LogP contribution in [0, 0.1) is 0 Å². The Hall–Kier alpha value is -1.86. The van der Waals surface area contributed by atoms with Crippen LogP contribution in [0.4, 0.5) is 5.69 Å². The number of nitrogens with one attached hydrogen (secondary N) is 2. The van der Waals surface area contributed by atoms with Gasteiger partial charge in [-0.2, -0.15) is 4.72 Å². The number of carbonyl (C=O) groups excluding carboxylic acids is 1. The molecule has 1 aliphatic rings. The highest BCUT2D eigenvalue weighted by Gasteiger charge is 2.30. The Kier molecular flexibility index (Phi) is 3.87. The number of benzene rings is 1. The molecule has 0 bridgehead atoms. The molecule has 2 N–H and O–H groups in total. The monoisotopic (exact) mass is 282 g/mol. The van der Waals surface area contributed by atoms with Gasteiger partial charge in [-0.25, -0.2) is 8.42 Å². The zero-order chi connectivity index (χ0) is 13.9. The maximum absolute atomic E-state index is 12.0. The fourth-order valence-electron chi connectivity index (χ4n) is 1.76. The molecular weight excluding hydrogens is 268 g/mol. The lowest BCUT2D eigenvalue weighted by molar-refractivity contribution is -0.142. The molecule has 1 heterocycles. The van der Waals surface area contributed by atoms with Gasteiger partial charge in [0.1, 0.15) is 17.7 Å². The number of hydrogen-bond acceptors (Lipinski definition) is 5. The fourth-order valence-corrected chi connectivity index (χ4v) is 3.08. The topological polar surface area (TPSA) is 84.5 Å². The number of ether oxygens (including phenoxy) is 1. The minimum Gasteiger partial charge on any atom is -0.461 e. The van der Waals surface area contributed by atoms with Gasteiger partial charge in [0.2, 0.25) is 10.0 Å². The number of fused-ring (bicyclic) bond motifs is 1. The quantitative estimate of drug-likeness (QED) is 0.631. The SMILES string of the molecule is C=CCOC(=O)CC1Nc2ccccc2S(=O)(=O)N1. The molecule has 1 aliphatic heterocycles. The van der Waals surface area contributed by atoms with Gasteiger partial charge in [-0.3, -0.25) is 4.79 Å². The lowest BCUT2D eigenvalue weighted by Crippen LogP contribution is -2.46. The second-order valence-corrected chi connectivity index (χ2v) is 5.67. The van der Waals surface area contributed by atoms with Crippen molar-refractivity contribution in [3.8, 4) is 0 Å². The van der Waals surface area contributed by atoms with E-state index in [1.807, 2.05) is 0 Å². The Bertz CT molecular complexity index is 598. The van der Waals surface area contributed by atoms with Crippen molar-refractivity contribution in [2.45, 2.75) is 17.5 Å². The van der Waals surface area contributed by atoms with Crippen LogP contribution in [0.1, 0.15) is 6.42 Å². The van der Waals surface area contributed by atoms with Gasteiger partial charge in [0.05, 0.1) is 12.1 Å². The molecule has 19 heavy (non-hydrogen) atoms. The summed E-state index contributed by atoms with van der Waals surface area (Å²) in [7, 11) is -3.60. The second kappa shape index (κ2) is 5.41. The van der Waals surface area contributed by atoms with E-state index in [0.717, 1.165) is 0 Å². The fraction of sp³-hybridized carbons (Fsp3) is 0.250. The standard InChI is InChI=1S/C12H14N2O4S/c1-2-7-18-12(15)8-11-13-9-5-3-4-6-10(9)19(16,17)14-11/h2-6,11,13-14H,1,7-8H2. The number of anilines is 1. The first kappa shape index (κ1) is 13.6. The minimum atomic E-state index is -3.60.